The zero-order chi connectivity index (χ0) is 21.5. The minimum Gasteiger partial charge on any atom is -0.361 e. The van der Waals surface area contributed by atoms with E-state index in [4.69, 9.17) is 4.52 Å². The van der Waals surface area contributed by atoms with Gasteiger partial charge in [-0.15, -0.1) is 0 Å². The van der Waals surface area contributed by atoms with E-state index >= 15 is 0 Å². The smallest absolute Gasteiger partial charge is 0.267 e. The Morgan fingerprint density at radius 2 is 1.77 bits per heavy atom. The van der Waals surface area contributed by atoms with E-state index < -0.39 is 0 Å². The third-order valence-corrected chi connectivity index (χ3v) is 5.37. The summed E-state index contributed by atoms with van der Waals surface area (Å²) in [5, 5.41) is 8.58. The predicted octanol–water partition coefficient (Wildman–Crippen LogP) is 3.58. The summed E-state index contributed by atoms with van der Waals surface area (Å²) >= 11 is 0. The van der Waals surface area contributed by atoms with E-state index in [1.54, 1.807) is 18.5 Å². The second-order valence-electron chi connectivity index (χ2n) is 7.54. The average Bonchev–Trinajstić information content (AvgIpc) is 3.32. The lowest BCUT2D eigenvalue weighted by atomic mass is 10.1. The van der Waals surface area contributed by atoms with Gasteiger partial charge in [0.2, 0.25) is 0 Å². The van der Waals surface area contributed by atoms with Gasteiger partial charge in [-0.2, -0.15) is 5.10 Å². The summed E-state index contributed by atoms with van der Waals surface area (Å²) in [6.07, 6.45) is 7.23. The van der Waals surface area contributed by atoms with Gasteiger partial charge in [0, 0.05) is 58.3 Å². The molecule has 5 heterocycles. The van der Waals surface area contributed by atoms with Crippen LogP contribution in [0.4, 0.5) is 0 Å². The number of pyridine rings is 2. The Labute approximate surface area is 177 Å². The van der Waals surface area contributed by atoms with Gasteiger partial charge in [0.1, 0.15) is 17.1 Å². The molecule has 5 aromatic heterocycles. The molecule has 0 aliphatic rings. The maximum atomic E-state index is 12.8. The van der Waals surface area contributed by atoms with Gasteiger partial charge in [-0.3, -0.25) is 9.78 Å². The number of rotatable bonds is 4. The van der Waals surface area contributed by atoms with Crippen LogP contribution in [0, 0.1) is 20.8 Å². The lowest BCUT2D eigenvalue weighted by molar-refractivity contribution is 0.397. The SMILES string of the molecule is Cc1ccc(-c2noc(C)c2Cn2ncc(-c3ccc4ncc(C)n4c3)cc2=O)cn1. The zero-order valence-electron chi connectivity index (χ0n) is 17.4. The maximum absolute atomic E-state index is 12.8. The highest BCUT2D eigenvalue weighted by Crippen LogP contribution is 2.25. The molecule has 5 rings (SSSR count). The first-order valence-corrected chi connectivity index (χ1v) is 9.89. The molecular formula is C23H20N6O2. The molecule has 0 N–H and O–H groups in total. The quantitative estimate of drug-likeness (QED) is 0.448. The van der Waals surface area contributed by atoms with Gasteiger partial charge < -0.3 is 8.92 Å². The van der Waals surface area contributed by atoms with Crippen LogP contribution in [0.5, 0.6) is 0 Å². The number of nitrogens with zero attached hydrogens (tertiary/aromatic N) is 6. The molecule has 0 unspecified atom stereocenters. The van der Waals surface area contributed by atoms with Crippen molar-refractivity contribution in [3.05, 3.63) is 88.2 Å². The van der Waals surface area contributed by atoms with Gasteiger partial charge >= 0.3 is 0 Å². The van der Waals surface area contributed by atoms with Crippen LogP contribution >= 0.6 is 0 Å². The van der Waals surface area contributed by atoms with Crippen LogP contribution in [-0.2, 0) is 6.54 Å². The summed E-state index contributed by atoms with van der Waals surface area (Å²) in [6.45, 7) is 6.00. The summed E-state index contributed by atoms with van der Waals surface area (Å²) in [6, 6.07) is 9.32. The first-order valence-electron chi connectivity index (χ1n) is 9.89. The van der Waals surface area contributed by atoms with Gasteiger partial charge in [-0.25, -0.2) is 9.67 Å². The van der Waals surface area contributed by atoms with Crippen molar-refractivity contribution in [2.45, 2.75) is 27.3 Å². The highest BCUT2D eigenvalue weighted by molar-refractivity contribution is 5.64. The van der Waals surface area contributed by atoms with Crippen LogP contribution in [0.15, 0.2) is 64.4 Å². The van der Waals surface area contributed by atoms with E-state index in [9.17, 15) is 4.79 Å². The molecule has 0 saturated heterocycles. The second kappa shape index (κ2) is 7.32. The molecule has 0 spiro atoms. The van der Waals surface area contributed by atoms with Gasteiger partial charge in [0.15, 0.2) is 0 Å². The van der Waals surface area contributed by atoms with Gasteiger partial charge in [-0.05, 0) is 45.0 Å². The topological polar surface area (TPSA) is 91.1 Å². The molecule has 0 bridgehead atoms. The number of aromatic nitrogens is 6. The molecule has 0 aliphatic heterocycles. The minimum atomic E-state index is -0.200. The van der Waals surface area contributed by atoms with Crippen LogP contribution in [-0.4, -0.2) is 29.3 Å². The fraction of sp³-hybridized carbons (Fsp3) is 0.174. The molecule has 0 aromatic carbocycles. The number of hydrogen-bond acceptors (Lipinski definition) is 6. The van der Waals surface area contributed by atoms with E-state index in [0.717, 1.165) is 39.3 Å². The molecule has 8 heteroatoms. The van der Waals surface area contributed by atoms with Crippen molar-refractivity contribution in [3.8, 4) is 22.4 Å². The third-order valence-electron chi connectivity index (χ3n) is 5.37. The standard InChI is InChI=1S/C23H20N6O2/c1-14-4-5-17(10-24-14)23-20(16(3)31-27-23)13-29-22(30)8-19(11-26-29)18-6-7-21-25-9-15(2)28(21)12-18/h4-12H,13H2,1-3H3. The molecule has 0 aliphatic carbocycles. The van der Waals surface area contributed by atoms with Crippen molar-refractivity contribution in [2.75, 3.05) is 0 Å². The highest BCUT2D eigenvalue weighted by atomic mass is 16.5. The summed E-state index contributed by atoms with van der Waals surface area (Å²) in [7, 11) is 0. The second-order valence-corrected chi connectivity index (χ2v) is 7.54. The van der Waals surface area contributed by atoms with Crippen LogP contribution in [0.1, 0.15) is 22.7 Å². The first-order chi connectivity index (χ1) is 15.0. The molecule has 0 amide bonds. The largest absolute Gasteiger partial charge is 0.361 e. The lowest BCUT2D eigenvalue weighted by Gasteiger charge is -2.08. The molecular weight excluding hydrogens is 392 g/mol. The van der Waals surface area contributed by atoms with Crippen LogP contribution in [0.2, 0.25) is 0 Å². The summed E-state index contributed by atoms with van der Waals surface area (Å²) in [4.78, 5) is 21.5. The summed E-state index contributed by atoms with van der Waals surface area (Å²) in [5.74, 6) is 0.648. The lowest BCUT2D eigenvalue weighted by Crippen LogP contribution is -2.23. The van der Waals surface area contributed by atoms with E-state index in [1.807, 2.05) is 61.8 Å². The molecule has 31 heavy (non-hydrogen) atoms. The molecule has 5 aromatic rings. The van der Waals surface area contributed by atoms with Crippen molar-refractivity contribution in [1.29, 1.82) is 0 Å². The summed E-state index contributed by atoms with van der Waals surface area (Å²) < 4.78 is 8.80. The maximum Gasteiger partial charge on any atom is 0.267 e. The van der Waals surface area contributed by atoms with E-state index in [2.05, 4.69) is 20.2 Å². The van der Waals surface area contributed by atoms with E-state index in [-0.39, 0.29) is 12.1 Å². The Bertz CT molecular complexity index is 1460. The molecule has 8 nitrogen and oxygen atoms in total. The number of fused-ring (bicyclic) bond motifs is 1. The minimum absolute atomic E-state index is 0.200. The normalized spacial score (nSPS) is 11.3. The summed E-state index contributed by atoms with van der Waals surface area (Å²) in [5.41, 5.74) is 6.58. The van der Waals surface area contributed by atoms with Crippen molar-refractivity contribution in [2.24, 2.45) is 0 Å². The molecule has 154 valence electrons. The van der Waals surface area contributed by atoms with Crippen LogP contribution in [0.25, 0.3) is 28.0 Å². The van der Waals surface area contributed by atoms with Crippen LogP contribution < -0.4 is 5.56 Å². The van der Waals surface area contributed by atoms with E-state index in [1.165, 1.54) is 4.68 Å². The molecule has 0 fully saturated rings. The molecule has 0 radical (unpaired) electrons. The van der Waals surface area contributed by atoms with Gasteiger partial charge in [-0.1, -0.05) is 5.16 Å². The van der Waals surface area contributed by atoms with Crippen molar-refractivity contribution < 1.29 is 4.52 Å². The number of imidazole rings is 1. The fourth-order valence-corrected chi connectivity index (χ4v) is 3.55. The molecule has 0 saturated carbocycles. The zero-order valence-corrected chi connectivity index (χ0v) is 17.4. The van der Waals surface area contributed by atoms with E-state index in [0.29, 0.717) is 11.5 Å². The van der Waals surface area contributed by atoms with Gasteiger partial charge in [0.05, 0.1) is 12.7 Å². The Balaban J connectivity index is 1.49. The third kappa shape index (κ3) is 3.42. The Morgan fingerprint density at radius 3 is 2.55 bits per heavy atom. The Morgan fingerprint density at radius 1 is 0.935 bits per heavy atom. The number of aryl methyl sites for hydroxylation is 3. The van der Waals surface area contributed by atoms with Crippen LogP contribution in [0.3, 0.4) is 0 Å². The van der Waals surface area contributed by atoms with Crippen molar-refractivity contribution >= 4 is 5.65 Å². The number of hydrogen-bond donors (Lipinski definition) is 0. The molecule has 0 atom stereocenters. The van der Waals surface area contributed by atoms with Crippen molar-refractivity contribution in [1.82, 2.24) is 29.3 Å². The Hall–Kier alpha value is -4.07. The first kappa shape index (κ1) is 18.9. The fourth-order valence-electron chi connectivity index (χ4n) is 3.55. The predicted molar refractivity (Wildman–Crippen MR) is 116 cm³/mol. The monoisotopic (exact) mass is 412 g/mol. The van der Waals surface area contributed by atoms with Crippen molar-refractivity contribution in [3.63, 3.8) is 0 Å². The average molecular weight is 412 g/mol. The van der Waals surface area contributed by atoms with Gasteiger partial charge in [0.25, 0.3) is 5.56 Å². The Kier molecular flexibility index (Phi) is 4.47. The highest BCUT2D eigenvalue weighted by Gasteiger charge is 2.17.